The van der Waals surface area contributed by atoms with Crippen LogP contribution in [0.2, 0.25) is 0 Å². The molecule has 2 aliphatic rings. The van der Waals surface area contributed by atoms with E-state index in [1.165, 1.54) is 45.2 Å². The maximum absolute atomic E-state index is 2.65. The third kappa shape index (κ3) is 1.15. The molecule has 0 N–H and O–H groups in total. The van der Waals surface area contributed by atoms with Gasteiger partial charge in [0, 0.05) is 25.9 Å². The van der Waals surface area contributed by atoms with Gasteiger partial charge in [0.05, 0.1) is 12.8 Å². The van der Waals surface area contributed by atoms with Gasteiger partial charge in [-0.2, -0.15) is 0 Å². The van der Waals surface area contributed by atoms with E-state index in [-0.39, 0.29) is 0 Å². The van der Waals surface area contributed by atoms with Crippen molar-refractivity contribution < 1.29 is 0 Å². The molecule has 2 heterocycles. The summed E-state index contributed by atoms with van der Waals surface area (Å²) >= 11 is 0. The van der Waals surface area contributed by atoms with Gasteiger partial charge >= 0.3 is 0 Å². The molecule has 2 fully saturated rings. The predicted octanol–water partition coefficient (Wildman–Crippen LogP) is 1.84. The first-order chi connectivity index (χ1) is 4.97. The summed E-state index contributed by atoms with van der Waals surface area (Å²) in [6, 6.07) is 0.863. The first-order valence-electron chi connectivity index (χ1n) is 4.54. The Morgan fingerprint density at radius 3 is 2.90 bits per heavy atom. The molecule has 56 valence electrons. The number of hydrogen-bond donors (Lipinski definition) is 0. The van der Waals surface area contributed by atoms with Crippen molar-refractivity contribution in [3.8, 4) is 0 Å². The Kier molecular flexibility index (Phi) is 1.85. The van der Waals surface area contributed by atoms with Crippen LogP contribution in [0.4, 0.5) is 0 Å². The first-order valence-corrected chi connectivity index (χ1v) is 4.54. The number of fused-ring (bicyclic) bond motifs is 1. The van der Waals surface area contributed by atoms with Gasteiger partial charge in [-0.05, 0) is 12.8 Å². The van der Waals surface area contributed by atoms with Crippen molar-refractivity contribution in [3.05, 3.63) is 6.42 Å². The fourth-order valence-electron chi connectivity index (χ4n) is 2.17. The molecule has 0 aromatic rings. The Hall–Kier alpha value is -0.170. The van der Waals surface area contributed by atoms with E-state index in [0.717, 1.165) is 6.04 Å². The van der Waals surface area contributed by atoms with Crippen LogP contribution >= 0.6 is 0 Å². The molecule has 2 saturated heterocycles. The average molecular weight is 138 g/mol. The summed E-state index contributed by atoms with van der Waals surface area (Å²) in [5.41, 5.74) is 0. The summed E-state index contributed by atoms with van der Waals surface area (Å²) < 4.78 is 0. The van der Waals surface area contributed by atoms with Crippen molar-refractivity contribution in [2.24, 2.45) is 0 Å². The van der Waals surface area contributed by atoms with Gasteiger partial charge in [-0.25, -0.2) is 0 Å². The van der Waals surface area contributed by atoms with Crippen LogP contribution in [-0.4, -0.2) is 24.0 Å². The molecule has 0 amide bonds. The summed E-state index contributed by atoms with van der Waals surface area (Å²) in [7, 11) is 0. The normalized spacial score (nSPS) is 34.6. The molecule has 2 aliphatic heterocycles. The molecule has 0 saturated carbocycles. The standard InChI is InChI=1S/C9H16N/c1-3-7-10-8-4-2-6-9(10)5-1/h5,9H,1-4,6-8H2/q+1. The van der Waals surface area contributed by atoms with E-state index in [1.54, 1.807) is 0 Å². The molecule has 1 atom stereocenters. The fourth-order valence-corrected chi connectivity index (χ4v) is 2.17. The van der Waals surface area contributed by atoms with Gasteiger partial charge in [-0.15, -0.1) is 0 Å². The van der Waals surface area contributed by atoms with Gasteiger partial charge in [0.1, 0.15) is 0 Å². The van der Waals surface area contributed by atoms with Crippen LogP contribution in [0.3, 0.4) is 0 Å². The van der Waals surface area contributed by atoms with Crippen LogP contribution in [-0.2, 0) is 0 Å². The van der Waals surface area contributed by atoms with Crippen molar-refractivity contribution in [3.63, 3.8) is 0 Å². The van der Waals surface area contributed by atoms with Crippen molar-refractivity contribution in [1.82, 2.24) is 4.90 Å². The minimum Gasteiger partial charge on any atom is -0.263 e. The predicted molar refractivity (Wildman–Crippen MR) is 42.7 cm³/mol. The Morgan fingerprint density at radius 2 is 2.00 bits per heavy atom. The fraction of sp³-hybridized carbons (Fsp3) is 0.889. The molecule has 0 aliphatic carbocycles. The van der Waals surface area contributed by atoms with Crippen LogP contribution in [0, 0.1) is 6.42 Å². The van der Waals surface area contributed by atoms with Gasteiger partial charge in [0.25, 0.3) is 0 Å². The van der Waals surface area contributed by atoms with E-state index in [4.69, 9.17) is 0 Å². The maximum atomic E-state index is 2.65. The van der Waals surface area contributed by atoms with Gasteiger partial charge in [-0.3, -0.25) is 4.90 Å². The van der Waals surface area contributed by atoms with Gasteiger partial charge in [-0.1, -0.05) is 0 Å². The zero-order valence-electron chi connectivity index (χ0n) is 6.55. The Labute approximate surface area is 63.4 Å². The molecule has 0 bridgehead atoms. The van der Waals surface area contributed by atoms with E-state index >= 15 is 0 Å². The van der Waals surface area contributed by atoms with Crippen LogP contribution in [0.5, 0.6) is 0 Å². The van der Waals surface area contributed by atoms with Gasteiger partial charge in [0.2, 0.25) is 0 Å². The van der Waals surface area contributed by atoms with Crippen molar-refractivity contribution in [2.45, 2.75) is 38.1 Å². The van der Waals surface area contributed by atoms with E-state index in [2.05, 4.69) is 11.3 Å². The molecule has 0 aromatic carbocycles. The number of nitrogens with zero attached hydrogens (tertiary/aromatic N) is 1. The second-order valence-electron chi connectivity index (χ2n) is 3.48. The highest BCUT2D eigenvalue weighted by molar-refractivity contribution is 4.91. The smallest absolute Gasteiger partial charge is 0.151 e. The van der Waals surface area contributed by atoms with E-state index < -0.39 is 0 Å². The summed E-state index contributed by atoms with van der Waals surface area (Å²) in [5, 5.41) is 0. The van der Waals surface area contributed by atoms with E-state index in [1.807, 2.05) is 0 Å². The van der Waals surface area contributed by atoms with Gasteiger partial charge in [0.15, 0.2) is 6.04 Å². The molecular formula is C9H16N+. The number of piperidine rings is 2. The molecule has 1 unspecified atom stereocenters. The Balaban J connectivity index is 1.93. The Bertz CT molecular complexity index is 85.3. The zero-order valence-corrected chi connectivity index (χ0v) is 6.55. The molecule has 0 spiro atoms. The van der Waals surface area contributed by atoms with Crippen LogP contribution in [0.25, 0.3) is 0 Å². The second kappa shape index (κ2) is 2.83. The first kappa shape index (κ1) is 6.53. The number of rotatable bonds is 0. The van der Waals surface area contributed by atoms with E-state index in [0.29, 0.717) is 0 Å². The quantitative estimate of drug-likeness (QED) is 0.462. The lowest BCUT2D eigenvalue weighted by Gasteiger charge is -2.33. The van der Waals surface area contributed by atoms with Crippen LogP contribution in [0.15, 0.2) is 0 Å². The molecule has 1 nitrogen and oxygen atoms in total. The molecule has 0 aromatic heterocycles. The highest BCUT2D eigenvalue weighted by atomic mass is 15.2. The summed E-state index contributed by atoms with van der Waals surface area (Å²) in [5.74, 6) is 0. The third-order valence-electron chi connectivity index (χ3n) is 2.75. The third-order valence-corrected chi connectivity index (χ3v) is 2.75. The number of hydrogen-bond acceptors (Lipinski definition) is 1. The average Bonchev–Trinajstić information content (AvgIpc) is 2.05. The van der Waals surface area contributed by atoms with Crippen LogP contribution in [0.1, 0.15) is 32.1 Å². The second-order valence-corrected chi connectivity index (χ2v) is 3.48. The molecule has 10 heavy (non-hydrogen) atoms. The van der Waals surface area contributed by atoms with Crippen molar-refractivity contribution >= 4 is 0 Å². The molecule has 0 radical (unpaired) electrons. The summed E-state index contributed by atoms with van der Waals surface area (Å²) in [4.78, 5) is 2.65. The van der Waals surface area contributed by atoms with Crippen molar-refractivity contribution in [2.75, 3.05) is 13.1 Å². The topological polar surface area (TPSA) is 3.24 Å². The maximum Gasteiger partial charge on any atom is 0.151 e. The SMILES string of the molecule is [CH+]1CCCN2CCCCC12. The largest absolute Gasteiger partial charge is 0.263 e. The minimum atomic E-state index is 0.863. The molecule has 1 heteroatoms. The lowest BCUT2D eigenvalue weighted by molar-refractivity contribution is 0.144. The van der Waals surface area contributed by atoms with E-state index in [9.17, 15) is 0 Å². The highest BCUT2D eigenvalue weighted by Gasteiger charge is 2.31. The summed E-state index contributed by atoms with van der Waals surface area (Å²) in [6.07, 6.45) is 9.60. The van der Waals surface area contributed by atoms with Gasteiger partial charge < -0.3 is 0 Å². The van der Waals surface area contributed by atoms with Crippen molar-refractivity contribution in [1.29, 1.82) is 0 Å². The monoisotopic (exact) mass is 138 g/mol. The lowest BCUT2D eigenvalue weighted by Crippen LogP contribution is -2.42. The zero-order chi connectivity index (χ0) is 6.81. The van der Waals surface area contributed by atoms with Crippen LogP contribution < -0.4 is 0 Å². The lowest BCUT2D eigenvalue weighted by atomic mass is 9.93. The highest BCUT2D eigenvalue weighted by Crippen LogP contribution is 2.24. The minimum absolute atomic E-state index is 0.863. The summed E-state index contributed by atoms with van der Waals surface area (Å²) in [6.45, 7) is 2.72. The molecular weight excluding hydrogens is 122 g/mol. The Morgan fingerprint density at radius 1 is 1.10 bits per heavy atom. The molecule has 2 rings (SSSR count).